The molecule has 1 amide bonds. The smallest absolute Gasteiger partial charge is 0.267 e. The molecule has 94 valence electrons. The molecule has 1 heterocycles. The highest BCUT2D eigenvalue weighted by Gasteiger charge is 2.15. The number of ether oxygens (including phenoxy) is 1. The van der Waals surface area contributed by atoms with Crippen LogP contribution in [-0.2, 0) is 4.79 Å². The number of aryl methyl sites for hydroxylation is 1. The maximum Gasteiger partial charge on any atom is 0.267 e. The zero-order valence-corrected chi connectivity index (χ0v) is 10.2. The van der Waals surface area contributed by atoms with Crippen molar-refractivity contribution in [1.82, 2.24) is 15.2 Å². The number of nitrogens with one attached hydrogen (secondary N) is 2. The molecule has 2 N–H and O–H groups in total. The summed E-state index contributed by atoms with van der Waals surface area (Å²) in [5, 5.41) is 8.75. The van der Waals surface area contributed by atoms with Crippen LogP contribution in [0.1, 0.15) is 12.5 Å². The average Bonchev–Trinajstić information content (AvgIpc) is 2.81. The Morgan fingerprint density at radius 2 is 2.33 bits per heavy atom. The SMILES string of the molecule is Cc1cccc(OC(C)C(=O)Nc2ncn[nH]2)c1. The van der Waals surface area contributed by atoms with Gasteiger partial charge in [0.25, 0.3) is 5.91 Å². The zero-order valence-electron chi connectivity index (χ0n) is 10.2. The minimum absolute atomic E-state index is 0.284. The summed E-state index contributed by atoms with van der Waals surface area (Å²) >= 11 is 0. The van der Waals surface area contributed by atoms with Gasteiger partial charge in [-0.3, -0.25) is 10.1 Å². The number of hydrogen-bond donors (Lipinski definition) is 2. The van der Waals surface area contributed by atoms with Crippen LogP contribution in [0, 0.1) is 6.92 Å². The van der Waals surface area contributed by atoms with Gasteiger partial charge < -0.3 is 4.74 Å². The maximum absolute atomic E-state index is 11.8. The summed E-state index contributed by atoms with van der Waals surface area (Å²) in [6, 6.07) is 7.53. The van der Waals surface area contributed by atoms with E-state index in [4.69, 9.17) is 4.74 Å². The van der Waals surface area contributed by atoms with Crippen molar-refractivity contribution in [1.29, 1.82) is 0 Å². The van der Waals surface area contributed by atoms with Crippen LogP contribution in [0.3, 0.4) is 0 Å². The van der Waals surface area contributed by atoms with Gasteiger partial charge in [-0.2, -0.15) is 10.1 Å². The van der Waals surface area contributed by atoms with Gasteiger partial charge in [0.2, 0.25) is 5.95 Å². The molecule has 0 saturated carbocycles. The average molecular weight is 246 g/mol. The molecule has 18 heavy (non-hydrogen) atoms. The lowest BCUT2D eigenvalue weighted by Crippen LogP contribution is -2.30. The molecule has 0 spiro atoms. The summed E-state index contributed by atoms with van der Waals surface area (Å²) < 4.78 is 5.53. The Hall–Kier alpha value is -2.37. The summed E-state index contributed by atoms with van der Waals surface area (Å²) in [6.07, 6.45) is 0.707. The largest absolute Gasteiger partial charge is 0.481 e. The Morgan fingerprint density at radius 1 is 1.50 bits per heavy atom. The maximum atomic E-state index is 11.8. The van der Waals surface area contributed by atoms with Crippen molar-refractivity contribution in [2.45, 2.75) is 20.0 Å². The molecule has 1 atom stereocenters. The minimum atomic E-state index is -0.614. The summed E-state index contributed by atoms with van der Waals surface area (Å²) in [7, 11) is 0. The van der Waals surface area contributed by atoms with Crippen LogP contribution < -0.4 is 10.1 Å². The summed E-state index contributed by atoms with van der Waals surface area (Å²) in [6.45, 7) is 3.64. The lowest BCUT2D eigenvalue weighted by molar-refractivity contribution is -0.122. The second-order valence-electron chi connectivity index (χ2n) is 3.90. The third-order valence-electron chi connectivity index (χ3n) is 2.33. The van der Waals surface area contributed by atoms with Gasteiger partial charge in [-0.05, 0) is 31.5 Å². The van der Waals surface area contributed by atoms with Crippen LogP contribution in [0.5, 0.6) is 5.75 Å². The van der Waals surface area contributed by atoms with Crippen molar-refractivity contribution in [2.24, 2.45) is 0 Å². The van der Waals surface area contributed by atoms with E-state index in [1.807, 2.05) is 31.2 Å². The van der Waals surface area contributed by atoms with E-state index >= 15 is 0 Å². The first-order chi connectivity index (χ1) is 8.65. The van der Waals surface area contributed by atoms with Gasteiger partial charge in [0.15, 0.2) is 6.10 Å². The molecular weight excluding hydrogens is 232 g/mol. The van der Waals surface area contributed by atoms with E-state index in [1.165, 1.54) is 6.33 Å². The Morgan fingerprint density at radius 3 is 3.00 bits per heavy atom. The van der Waals surface area contributed by atoms with Crippen LogP contribution in [0.25, 0.3) is 0 Å². The molecule has 1 unspecified atom stereocenters. The first kappa shape index (κ1) is 12.1. The summed E-state index contributed by atoms with van der Waals surface area (Å²) in [4.78, 5) is 15.6. The molecular formula is C12H14N4O2. The van der Waals surface area contributed by atoms with Crippen LogP contribution in [0.4, 0.5) is 5.95 Å². The molecule has 0 aliphatic carbocycles. The Balaban J connectivity index is 1.95. The number of carbonyl (C=O) groups is 1. The van der Waals surface area contributed by atoms with E-state index in [1.54, 1.807) is 6.92 Å². The van der Waals surface area contributed by atoms with Crippen molar-refractivity contribution in [3.8, 4) is 5.75 Å². The molecule has 0 bridgehead atoms. The first-order valence-electron chi connectivity index (χ1n) is 5.54. The number of hydrogen-bond acceptors (Lipinski definition) is 4. The van der Waals surface area contributed by atoms with Gasteiger partial charge in [-0.1, -0.05) is 12.1 Å². The third kappa shape index (κ3) is 3.07. The lowest BCUT2D eigenvalue weighted by Gasteiger charge is -2.13. The predicted octanol–water partition coefficient (Wildman–Crippen LogP) is 1.52. The van der Waals surface area contributed by atoms with Crippen LogP contribution >= 0.6 is 0 Å². The molecule has 1 aromatic carbocycles. The van der Waals surface area contributed by atoms with Gasteiger partial charge in [0.1, 0.15) is 12.1 Å². The quantitative estimate of drug-likeness (QED) is 0.857. The first-order valence-corrected chi connectivity index (χ1v) is 5.54. The highest BCUT2D eigenvalue weighted by atomic mass is 16.5. The number of H-pyrrole nitrogens is 1. The zero-order chi connectivity index (χ0) is 13.0. The molecule has 0 fully saturated rings. The standard InChI is InChI=1S/C12H14N4O2/c1-8-4-3-5-10(6-8)18-9(2)11(17)15-12-13-7-14-16-12/h3-7,9H,1-2H3,(H2,13,14,15,16,17). The third-order valence-corrected chi connectivity index (χ3v) is 2.33. The van der Waals surface area contributed by atoms with E-state index < -0.39 is 6.10 Å². The van der Waals surface area contributed by atoms with E-state index in [9.17, 15) is 4.79 Å². The lowest BCUT2D eigenvalue weighted by atomic mass is 10.2. The summed E-state index contributed by atoms with van der Waals surface area (Å²) in [5.74, 6) is 0.683. The number of amides is 1. The highest BCUT2D eigenvalue weighted by Crippen LogP contribution is 2.14. The Labute approximate surface area is 104 Å². The van der Waals surface area contributed by atoms with E-state index in [0.717, 1.165) is 5.56 Å². The fourth-order valence-corrected chi connectivity index (χ4v) is 1.43. The number of aromatic nitrogens is 3. The molecule has 1 aromatic heterocycles. The fraction of sp³-hybridized carbons (Fsp3) is 0.250. The Bertz CT molecular complexity index is 525. The second-order valence-corrected chi connectivity index (χ2v) is 3.90. The van der Waals surface area contributed by atoms with Crippen LogP contribution in [0.2, 0.25) is 0 Å². The molecule has 0 radical (unpaired) electrons. The molecule has 6 nitrogen and oxygen atoms in total. The predicted molar refractivity (Wildman–Crippen MR) is 66.3 cm³/mol. The molecule has 0 saturated heterocycles. The van der Waals surface area contributed by atoms with Crippen LogP contribution in [-0.4, -0.2) is 27.2 Å². The number of anilines is 1. The highest BCUT2D eigenvalue weighted by molar-refractivity contribution is 5.92. The number of carbonyl (C=O) groups excluding carboxylic acids is 1. The van der Waals surface area contributed by atoms with Crippen molar-refractivity contribution in [3.63, 3.8) is 0 Å². The van der Waals surface area contributed by atoms with Gasteiger partial charge in [0, 0.05) is 0 Å². The second kappa shape index (κ2) is 5.31. The van der Waals surface area contributed by atoms with E-state index in [-0.39, 0.29) is 5.91 Å². The number of aromatic amines is 1. The summed E-state index contributed by atoms with van der Waals surface area (Å²) in [5.41, 5.74) is 1.08. The molecule has 0 aliphatic heterocycles. The van der Waals surface area contributed by atoms with Crippen molar-refractivity contribution in [3.05, 3.63) is 36.2 Å². The van der Waals surface area contributed by atoms with E-state index in [2.05, 4.69) is 20.5 Å². The molecule has 0 aliphatic rings. The van der Waals surface area contributed by atoms with E-state index in [0.29, 0.717) is 11.7 Å². The van der Waals surface area contributed by atoms with Gasteiger partial charge in [-0.25, -0.2) is 5.10 Å². The topological polar surface area (TPSA) is 79.9 Å². The number of rotatable bonds is 4. The van der Waals surface area contributed by atoms with Crippen molar-refractivity contribution < 1.29 is 9.53 Å². The number of benzene rings is 1. The van der Waals surface area contributed by atoms with Gasteiger partial charge in [0.05, 0.1) is 0 Å². The van der Waals surface area contributed by atoms with Crippen molar-refractivity contribution >= 4 is 11.9 Å². The normalized spacial score (nSPS) is 11.9. The molecule has 2 rings (SSSR count). The van der Waals surface area contributed by atoms with Crippen molar-refractivity contribution in [2.75, 3.05) is 5.32 Å². The Kier molecular flexibility index (Phi) is 3.57. The van der Waals surface area contributed by atoms with Gasteiger partial charge in [-0.15, -0.1) is 0 Å². The minimum Gasteiger partial charge on any atom is -0.481 e. The monoisotopic (exact) mass is 246 g/mol. The van der Waals surface area contributed by atoms with Gasteiger partial charge >= 0.3 is 0 Å². The number of nitrogens with zero attached hydrogens (tertiary/aromatic N) is 2. The fourth-order valence-electron chi connectivity index (χ4n) is 1.43. The molecule has 2 aromatic rings. The molecule has 6 heteroatoms. The van der Waals surface area contributed by atoms with Crippen LogP contribution in [0.15, 0.2) is 30.6 Å².